The third-order valence-corrected chi connectivity index (χ3v) is 4.35. The summed E-state index contributed by atoms with van der Waals surface area (Å²) in [4.78, 5) is 45.1. The summed E-state index contributed by atoms with van der Waals surface area (Å²) < 4.78 is 16.0. The van der Waals surface area contributed by atoms with Crippen LogP contribution in [0.5, 0.6) is 5.88 Å². The lowest BCUT2D eigenvalue weighted by molar-refractivity contribution is -0.147. The summed E-state index contributed by atoms with van der Waals surface area (Å²) in [6.45, 7) is 12.1. The van der Waals surface area contributed by atoms with Crippen LogP contribution in [-0.2, 0) is 25.7 Å². The van der Waals surface area contributed by atoms with Crippen LogP contribution in [0.2, 0.25) is 0 Å². The Hall–Kier alpha value is -4.13. The number of carbonyl (C=O) groups excluding carboxylic acids is 3. The van der Waals surface area contributed by atoms with Gasteiger partial charge in [0.2, 0.25) is 18.3 Å². The fourth-order valence-corrected chi connectivity index (χ4v) is 2.79. The number of benzene rings is 1. The number of esters is 1. The fourth-order valence-electron chi connectivity index (χ4n) is 2.79. The van der Waals surface area contributed by atoms with Crippen molar-refractivity contribution in [2.45, 2.75) is 51.5 Å². The minimum absolute atomic E-state index is 0.0251. The predicted molar refractivity (Wildman–Crippen MR) is 127 cm³/mol. The first-order valence-corrected chi connectivity index (χ1v) is 11.0. The Labute approximate surface area is 204 Å². The summed E-state index contributed by atoms with van der Waals surface area (Å²) in [6, 6.07) is 12.2. The molecule has 10 nitrogen and oxygen atoms in total. The van der Waals surface area contributed by atoms with Crippen LogP contribution in [0.1, 0.15) is 32.8 Å². The maximum Gasteiger partial charge on any atom is 0.408 e. The molecule has 2 rings (SSSR count). The highest BCUT2D eigenvalue weighted by atomic mass is 16.6. The lowest BCUT2D eigenvalue weighted by Gasteiger charge is -2.24. The summed E-state index contributed by atoms with van der Waals surface area (Å²) in [7, 11) is 0. The molecule has 1 aromatic carbocycles. The van der Waals surface area contributed by atoms with E-state index >= 15 is 0 Å². The first-order chi connectivity index (χ1) is 16.7. The molecule has 0 bridgehead atoms. The van der Waals surface area contributed by atoms with Crippen molar-refractivity contribution in [1.29, 1.82) is 0 Å². The molecule has 0 aliphatic rings. The lowest BCUT2D eigenvalue weighted by atomic mass is 10.1. The van der Waals surface area contributed by atoms with Gasteiger partial charge in [0.25, 0.3) is 0 Å². The highest BCUT2D eigenvalue weighted by molar-refractivity contribution is 5.89. The van der Waals surface area contributed by atoms with E-state index in [2.05, 4.69) is 20.5 Å². The van der Waals surface area contributed by atoms with E-state index in [0.717, 1.165) is 5.56 Å². The monoisotopic (exact) mass is 482 g/mol. The van der Waals surface area contributed by atoms with Crippen molar-refractivity contribution in [2.75, 3.05) is 13.2 Å². The number of amides is 2. The number of aromatic nitrogens is 1. The van der Waals surface area contributed by atoms with E-state index in [1.807, 2.05) is 18.2 Å². The van der Waals surface area contributed by atoms with Gasteiger partial charge in [0.05, 0.1) is 6.42 Å². The van der Waals surface area contributed by atoms with Crippen LogP contribution >= 0.6 is 0 Å². The second kappa shape index (κ2) is 13.5. The summed E-state index contributed by atoms with van der Waals surface area (Å²) in [6.07, 6.45) is 0.267. The van der Waals surface area contributed by atoms with Gasteiger partial charge in [-0.1, -0.05) is 36.4 Å². The fraction of sp³-hybridized carbons (Fsp3) is 0.400. The maximum absolute atomic E-state index is 13.0. The molecule has 35 heavy (non-hydrogen) atoms. The van der Waals surface area contributed by atoms with Gasteiger partial charge >= 0.3 is 12.1 Å². The van der Waals surface area contributed by atoms with E-state index in [0.29, 0.717) is 5.88 Å². The van der Waals surface area contributed by atoms with Gasteiger partial charge in [-0.25, -0.2) is 16.4 Å². The number of nitrogens with one attached hydrogen (secondary N) is 2. The first-order valence-electron chi connectivity index (χ1n) is 11.0. The van der Waals surface area contributed by atoms with Gasteiger partial charge in [0.1, 0.15) is 30.9 Å². The van der Waals surface area contributed by atoms with E-state index in [-0.39, 0.29) is 19.8 Å². The van der Waals surface area contributed by atoms with Gasteiger partial charge in [-0.3, -0.25) is 9.59 Å². The molecule has 0 saturated heterocycles. The third kappa shape index (κ3) is 11.0. The topological polar surface area (TPSA) is 120 Å². The molecule has 186 valence electrons. The van der Waals surface area contributed by atoms with Crippen molar-refractivity contribution < 1.29 is 28.6 Å². The van der Waals surface area contributed by atoms with Crippen LogP contribution in [0, 0.1) is 6.57 Å². The van der Waals surface area contributed by atoms with Crippen LogP contribution in [0.15, 0.2) is 54.7 Å². The predicted octanol–water partition coefficient (Wildman–Crippen LogP) is 2.89. The SMILES string of the molecule is [C-]#[N+]C[C@H](COc1ccccn1)NC(=O)[C@@H](CC(=O)OCc1ccccc1)NC(=O)OC(C)(C)C. The Morgan fingerprint density at radius 3 is 2.40 bits per heavy atom. The molecule has 2 N–H and O–H groups in total. The van der Waals surface area contributed by atoms with Crippen molar-refractivity contribution >= 4 is 18.0 Å². The average molecular weight is 483 g/mol. The van der Waals surface area contributed by atoms with Crippen molar-refractivity contribution in [2.24, 2.45) is 0 Å². The van der Waals surface area contributed by atoms with Gasteiger partial charge in [-0.2, -0.15) is 0 Å². The molecule has 10 heteroatoms. The molecule has 0 aliphatic carbocycles. The van der Waals surface area contributed by atoms with Crippen LogP contribution in [-0.4, -0.2) is 53.8 Å². The van der Waals surface area contributed by atoms with Gasteiger partial charge in [-0.15, -0.1) is 0 Å². The number of carbonyl (C=O) groups is 3. The van der Waals surface area contributed by atoms with E-state index in [9.17, 15) is 14.4 Å². The smallest absolute Gasteiger partial charge is 0.408 e. The molecular formula is C25H30N4O6. The van der Waals surface area contributed by atoms with Gasteiger partial charge in [-0.05, 0) is 32.4 Å². The Bertz CT molecular complexity index is 1000. The zero-order chi connectivity index (χ0) is 25.7. The minimum Gasteiger partial charge on any atom is -0.475 e. The average Bonchev–Trinajstić information content (AvgIpc) is 2.81. The van der Waals surface area contributed by atoms with E-state index in [1.165, 1.54) is 0 Å². The number of alkyl carbamates (subject to hydrolysis) is 1. The van der Waals surface area contributed by atoms with Gasteiger partial charge in [0, 0.05) is 12.3 Å². The zero-order valence-electron chi connectivity index (χ0n) is 20.0. The highest BCUT2D eigenvalue weighted by Crippen LogP contribution is 2.09. The molecule has 0 spiro atoms. The van der Waals surface area contributed by atoms with Crippen LogP contribution in [0.3, 0.4) is 0 Å². The normalized spacial score (nSPS) is 12.4. The molecular weight excluding hydrogens is 452 g/mol. The van der Waals surface area contributed by atoms with Crippen molar-refractivity contribution in [1.82, 2.24) is 15.6 Å². The Morgan fingerprint density at radius 2 is 1.77 bits per heavy atom. The molecule has 0 unspecified atom stereocenters. The highest BCUT2D eigenvalue weighted by Gasteiger charge is 2.29. The molecule has 0 fully saturated rings. The first kappa shape index (κ1) is 27.1. The van der Waals surface area contributed by atoms with Crippen molar-refractivity contribution in [3.8, 4) is 5.88 Å². The molecule has 1 aromatic heterocycles. The van der Waals surface area contributed by atoms with E-state index in [4.69, 9.17) is 20.8 Å². The summed E-state index contributed by atoms with van der Waals surface area (Å²) >= 11 is 0. The minimum atomic E-state index is -1.28. The Kier molecular flexibility index (Phi) is 10.5. The number of hydrogen-bond acceptors (Lipinski definition) is 7. The van der Waals surface area contributed by atoms with Crippen LogP contribution < -0.4 is 15.4 Å². The summed E-state index contributed by atoms with van der Waals surface area (Å²) in [5.74, 6) is -1.02. The number of nitrogens with zero attached hydrogens (tertiary/aromatic N) is 2. The van der Waals surface area contributed by atoms with Crippen LogP contribution in [0.4, 0.5) is 4.79 Å². The Balaban J connectivity index is 2.03. The maximum atomic E-state index is 13.0. The van der Waals surface area contributed by atoms with Crippen molar-refractivity contribution in [3.63, 3.8) is 0 Å². The molecule has 0 radical (unpaired) electrons. The Morgan fingerprint density at radius 1 is 1.06 bits per heavy atom. The van der Waals surface area contributed by atoms with Gasteiger partial charge < -0.3 is 29.7 Å². The standard InChI is InChI=1S/C25H30N4O6/c1-25(2,3)35-24(32)29-20(14-22(30)34-16-18-10-6-5-7-11-18)23(31)28-19(15-26-4)17-33-21-12-8-9-13-27-21/h5-13,19-20H,14-17H2,1-3H3,(H,28,31)(H,29,32)/t19-,20-/m1/s1. The van der Waals surface area contributed by atoms with Gasteiger partial charge in [0.15, 0.2) is 0 Å². The van der Waals surface area contributed by atoms with E-state index < -0.39 is 42.1 Å². The van der Waals surface area contributed by atoms with Crippen LogP contribution in [0.25, 0.3) is 4.85 Å². The number of pyridine rings is 1. The number of hydrogen-bond donors (Lipinski definition) is 2. The summed E-state index contributed by atoms with van der Waals surface area (Å²) in [5, 5.41) is 5.07. The van der Waals surface area contributed by atoms with Crippen molar-refractivity contribution in [3.05, 3.63) is 71.7 Å². The molecule has 2 amide bonds. The molecule has 1 heterocycles. The zero-order valence-corrected chi connectivity index (χ0v) is 20.0. The molecule has 0 saturated carbocycles. The second-order valence-corrected chi connectivity index (χ2v) is 8.57. The number of ether oxygens (including phenoxy) is 3. The quantitative estimate of drug-likeness (QED) is 0.373. The third-order valence-electron chi connectivity index (χ3n) is 4.35. The molecule has 2 aromatic rings. The molecule has 0 aliphatic heterocycles. The second-order valence-electron chi connectivity index (χ2n) is 8.57. The number of rotatable bonds is 11. The summed E-state index contributed by atoms with van der Waals surface area (Å²) in [5.41, 5.74) is -0.0204. The van der Waals surface area contributed by atoms with E-state index in [1.54, 1.807) is 57.3 Å². The molecule has 2 atom stereocenters. The largest absolute Gasteiger partial charge is 0.475 e. The lowest BCUT2D eigenvalue weighted by Crippen LogP contribution is -2.53.